The molecule has 138 valence electrons. The van der Waals surface area contributed by atoms with Gasteiger partial charge >= 0.3 is 5.97 Å². The first-order valence-electron chi connectivity index (χ1n) is 9.25. The largest absolute Gasteiger partial charge is 0.456 e. The summed E-state index contributed by atoms with van der Waals surface area (Å²) in [5.74, 6) is 0.242. The van der Waals surface area contributed by atoms with E-state index in [9.17, 15) is 15.0 Å². The van der Waals surface area contributed by atoms with Crippen molar-refractivity contribution in [2.24, 2.45) is 17.3 Å². The van der Waals surface area contributed by atoms with Gasteiger partial charge in [-0.2, -0.15) is 0 Å². The molecule has 2 aliphatic carbocycles. The molecule has 0 aromatic carbocycles. The lowest BCUT2D eigenvalue weighted by Crippen LogP contribution is -2.48. The highest BCUT2D eigenvalue weighted by atomic mass is 16.6. The SMILES string of the molecule is C/C=C(\C)C(=O)O[C@H]1C[C@]2(C)CC[C@@H](C(C)C)[C@]2(O)CC[C@]1(C)O. The minimum Gasteiger partial charge on any atom is -0.456 e. The first-order chi connectivity index (χ1) is 11.0. The molecule has 24 heavy (non-hydrogen) atoms. The van der Waals surface area contributed by atoms with Crippen LogP contribution in [0, 0.1) is 17.3 Å². The third kappa shape index (κ3) is 3.15. The second-order valence-corrected chi connectivity index (χ2v) is 8.80. The van der Waals surface area contributed by atoms with E-state index in [0.29, 0.717) is 30.8 Å². The molecule has 0 aromatic heterocycles. The number of allylic oxidation sites excluding steroid dienone is 1. The maximum absolute atomic E-state index is 12.2. The first-order valence-corrected chi connectivity index (χ1v) is 9.25. The molecule has 0 amide bonds. The van der Waals surface area contributed by atoms with Crippen molar-refractivity contribution in [3.63, 3.8) is 0 Å². The minimum atomic E-state index is -1.12. The van der Waals surface area contributed by atoms with Crippen LogP contribution in [0.15, 0.2) is 11.6 Å². The fourth-order valence-electron chi connectivity index (χ4n) is 4.77. The van der Waals surface area contributed by atoms with Gasteiger partial charge in [0.2, 0.25) is 0 Å². The highest BCUT2D eigenvalue weighted by Gasteiger charge is 2.61. The zero-order chi connectivity index (χ0) is 18.3. The Hall–Kier alpha value is -0.870. The third-order valence-corrected chi connectivity index (χ3v) is 6.82. The van der Waals surface area contributed by atoms with Crippen molar-refractivity contribution in [2.45, 2.75) is 91.0 Å². The molecule has 0 spiro atoms. The lowest BCUT2D eigenvalue weighted by atomic mass is 9.67. The number of carbonyl (C=O) groups is 1. The lowest BCUT2D eigenvalue weighted by Gasteiger charge is -2.43. The fourth-order valence-corrected chi connectivity index (χ4v) is 4.77. The van der Waals surface area contributed by atoms with E-state index < -0.39 is 17.3 Å². The highest BCUT2D eigenvalue weighted by molar-refractivity contribution is 5.87. The Kier molecular flexibility index (Phi) is 5.23. The molecule has 0 aromatic rings. The van der Waals surface area contributed by atoms with Crippen molar-refractivity contribution >= 4 is 5.97 Å². The molecule has 0 unspecified atom stereocenters. The normalized spacial score (nSPS) is 43.5. The Morgan fingerprint density at radius 1 is 1.21 bits per heavy atom. The molecule has 4 heteroatoms. The molecule has 0 radical (unpaired) electrons. The second kappa shape index (κ2) is 6.45. The molecule has 0 bridgehead atoms. The monoisotopic (exact) mass is 338 g/mol. The zero-order valence-electron chi connectivity index (χ0n) is 16.1. The van der Waals surface area contributed by atoms with E-state index in [1.54, 1.807) is 26.8 Å². The minimum absolute atomic E-state index is 0.227. The molecule has 2 aliphatic rings. The molecule has 2 saturated carbocycles. The molecule has 0 aliphatic heterocycles. The van der Waals surface area contributed by atoms with Crippen LogP contribution in [0.1, 0.15) is 73.6 Å². The molecule has 4 nitrogen and oxygen atoms in total. The lowest BCUT2D eigenvalue weighted by molar-refractivity contribution is -0.163. The average Bonchev–Trinajstić information content (AvgIpc) is 2.72. The number of ether oxygens (including phenoxy) is 1. The van der Waals surface area contributed by atoms with Gasteiger partial charge in [-0.05, 0) is 64.7 Å². The molecule has 2 fully saturated rings. The quantitative estimate of drug-likeness (QED) is 0.609. The van der Waals surface area contributed by atoms with Gasteiger partial charge in [-0.1, -0.05) is 26.8 Å². The van der Waals surface area contributed by atoms with Crippen LogP contribution < -0.4 is 0 Å². The summed E-state index contributed by atoms with van der Waals surface area (Å²) in [5, 5.41) is 22.5. The summed E-state index contributed by atoms with van der Waals surface area (Å²) in [4.78, 5) is 12.2. The topological polar surface area (TPSA) is 66.8 Å². The maximum Gasteiger partial charge on any atom is 0.333 e. The summed E-state index contributed by atoms with van der Waals surface area (Å²) in [6, 6.07) is 0. The van der Waals surface area contributed by atoms with Gasteiger partial charge in [-0.15, -0.1) is 0 Å². The van der Waals surface area contributed by atoms with E-state index >= 15 is 0 Å². The van der Waals surface area contributed by atoms with E-state index in [-0.39, 0.29) is 17.3 Å². The van der Waals surface area contributed by atoms with Crippen LogP contribution in [0.25, 0.3) is 0 Å². The van der Waals surface area contributed by atoms with Crippen LogP contribution in [0.5, 0.6) is 0 Å². The van der Waals surface area contributed by atoms with Gasteiger partial charge in [0.05, 0.1) is 11.2 Å². The average molecular weight is 338 g/mol. The van der Waals surface area contributed by atoms with Crippen molar-refractivity contribution < 1.29 is 19.7 Å². The fraction of sp³-hybridized carbons (Fsp3) is 0.850. The Morgan fingerprint density at radius 2 is 1.83 bits per heavy atom. The van der Waals surface area contributed by atoms with Crippen molar-refractivity contribution in [1.29, 1.82) is 0 Å². The Morgan fingerprint density at radius 3 is 2.38 bits per heavy atom. The van der Waals surface area contributed by atoms with E-state index in [4.69, 9.17) is 4.74 Å². The number of rotatable bonds is 3. The summed E-state index contributed by atoms with van der Waals surface area (Å²) in [5.41, 5.74) is -1.71. The van der Waals surface area contributed by atoms with Gasteiger partial charge in [-0.25, -0.2) is 4.79 Å². The van der Waals surface area contributed by atoms with Crippen molar-refractivity contribution in [3.8, 4) is 0 Å². The highest BCUT2D eigenvalue weighted by Crippen LogP contribution is 2.59. The van der Waals surface area contributed by atoms with Gasteiger partial charge in [0.1, 0.15) is 6.10 Å². The van der Waals surface area contributed by atoms with Crippen molar-refractivity contribution in [3.05, 3.63) is 11.6 Å². The summed E-state index contributed by atoms with van der Waals surface area (Å²) in [6.45, 7) is 11.7. The standard InChI is InChI=1S/C20H34O4/c1-7-14(4)17(21)24-16-12-18(5)9-8-15(13(2)3)20(18,23)11-10-19(16,6)22/h7,13,15-16,22-23H,8-12H2,1-6H3/b14-7+/t15-,16-,18-,19-,20+/m0/s1. The van der Waals surface area contributed by atoms with Gasteiger partial charge in [0.25, 0.3) is 0 Å². The molecule has 5 atom stereocenters. The number of aliphatic hydroxyl groups is 2. The van der Waals surface area contributed by atoms with Crippen LogP contribution in [-0.2, 0) is 9.53 Å². The molecular formula is C20H34O4. The number of hydrogen-bond acceptors (Lipinski definition) is 4. The van der Waals surface area contributed by atoms with Gasteiger partial charge in [0.15, 0.2) is 0 Å². The number of carbonyl (C=O) groups excluding carboxylic acids is 1. The van der Waals surface area contributed by atoms with Crippen LogP contribution in [-0.4, -0.2) is 33.5 Å². The predicted molar refractivity (Wildman–Crippen MR) is 94.4 cm³/mol. The predicted octanol–water partition coefficient (Wildman–Crippen LogP) is 3.60. The van der Waals surface area contributed by atoms with Crippen LogP contribution >= 0.6 is 0 Å². The second-order valence-electron chi connectivity index (χ2n) is 8.80. The van der Waals surface area contributed by atoms with Gasteiger partial charge in [0, 0.05) is 11.0 Å². The Labute approximate surface area is 146 Å². The van der Waals surface area contributed by atoms with Crippen LogP contribution in [0.2, 0.25) is 0 Å². The number of fused-ring (bicyclic) bond motifs is 1. The van der Waals surface area contributed by atoms with Crippen LogP contribution in [0.4, 0.5) is 0 Å². The smallest absolute Gasteiger partial charge is 0.333 e. The van der Waals surface area contributed by atoms with Gasteiger partial charge < -0.3 is 14.9 Å². The molecular weight excluding hydrogens is 304 g/mol. The Balaban J connectivity index is 2.32. The third-order valence-electron chi connectivity index (χ3n) is 6.82. The maximum atomic E-state index is 12.2. The summed E-state index contributed by atoms with van der Waals surface area (Å²) in [7, 11) is 0. The van der Waals surface area contributed by atoms with E-state index in [1.165, 1.54) is 0 Å². The number of esters is 1. The van der Waals surface area contributed by atoms with Gasteiger partial charge in [-0.3, -0.25) is 0 Å². The van der Waals surface area contributed by atoms with E-state index in [0.717, 1.165) is 12.8 Å². The van der Waals surface area contributed by atoms with Crippen molar-refractivity contribution in [2.75, 3.05) is 0 Å². The van der Waals surface area contributed by atoms with E-state index in [2.05, 4.69) is 20.8 Å². The molecule has 2 N–H and O–H groups in total. The Bertz CT molecular complexity index is 522. The molecule has 0 saturated heterocycles. The summed E-state index contributed by atoms with van der Waals surface area (Å²) >= 11 is 0. The van der Waals surface area contributed by atoms with Crippen LogP contribution in [0.3, 0.4) is 0 Å². The summed E-state index contributed by atoms with van der Waals surface area (Å²) in [6.07, 6.45) is 4.51. The summed E-state index contributed by atoms with van der Waals surface area (Å²) < 4.78 is 5.69. The van der Waals surface area contributed by atoms with E-state index in [1.807, 2.05) is 0 Å². The zero-order valence-corrected chi connectivity index (χ0v) is 16.1. The first kappa shape index (κ1) is 19.5. The van der Waals surface area contributed by atoms with Crippen molar-refractivity contribution in [1.82, 2.24) is 0 Å². The number of hydrogen-bond donors (Lipinski definition) is 2. The molecule has 2 rings (SSSR count). The molecule has 0 heterocycles.